The summed E-state index contributed by atoms with van der Waals surface area (Å²) < 4.78 is 0. The summed E-state index contributed by atoms with van der Waals surface area (Å²) in [5.74, 6) is 8.23. The van der Waals surface area contributed by atoms with Crippen molar-refractivity contribution in [3.63, 3.8) is 0 Å². The Labute approximate surface area is 217 Å². The van der Waals surface area contributed by atoms with Crippen molar-refractivity contribution in [2.24, 2.45) is 17.3 Å². The number of aliphatic hydroxyl groups is 1. The van der Waals surface area contributed by atoms with Crippen molar-refractivity contribution in [2.45, 2.75) is 96.0 Å². The molecule has 3 nitrogen and oxygen atoms in total. The molecule has 36 heavy (non-hydrogen) atoms. The molecule has 0 bridgehead atoms. The molecule has 1 aromatic rings. The summed E-state index contributed by atoms with van der Waals surface area (Å²) in [6.45, 7) is 4.66. The fourth-order valence-electron chi connectivity index (χ4n) is 8.23. The van der Waals surface area contributed by atoms with Gasteiger partial charge in [0.25, 0.3) is 0 Å². The van der Waals surface area contributed by atoms with Gasteiger partial charge in [-0.05, 0) is 117 Å². The van der Waals surface area contributed by atoms with Gasteiger partial charge in [-0.2, -0.15) is 0 Å². The first kappa shape index (κ1) is 24.1. The van der Waals surface area contributed by atoms with Crippen molar-refractivity contribution in [1.82, 2.24) is 0 Å². The number of aryl methyl sites for hydroxylation is 1. The van der Waals surface area contributed by atoms with E-state index >= 15 is 0 Å². The smallest absolute Gasteiger partial charge is 0.156 e. The van der Waals surface area contributed by atoms with E-state index in [9.17, 15) is 9.90 Å². The van der Waals surface area contributed by atoms with Crippen LogP contribution in [-0.4, -0.2) is 29.6 Å². The van der Waals surface area contributed by atoms with Crippen LogP contribution in [0.5, 0.6) is 0 Å². The number of allylic oxidation sites excluding steroid dienone is 4. The number of anilines is 1. The molecular formula is C33H41NO2. The van der Waals surface area contributed by atoms with E-state index in [0.717, 1.165) is 57.8 Å². The van der Waals surface area contributed by atoms with Crippen LogP contribution >= 0.6 is 0 Å². The number of carbonyl (C=O) groups is 1. The van der Waals surface area contributed by atoms with E-state index in [2.05, 4.69) is 47.9 Å². The first-order valence-corrected chi connectivity index (χ1v) is 14.5. The van der Waals surface area contributed by atoms with Gasteiger partial charge in [-0.1, -0.05) is 36.5 Å². The third kappa shape index (κ3) is 4.16. The fourth-order valence-corrected chi connectivity index (χ4v) is 8.23. The molecule has 1 saturated heterocycles. The van der Waals surface area contributed by atoms with E-state index < -0.39 is 5.60 Å². The molecular weight excluding hydrogens is 442 g/mol. The Morgan fingerprint density at radius 1 is 1.06 bits per heavy atom. The highest BCUT2D eigenvalue weighted by molar-refractivity contribution is 5.93. The summed E-state index contributed by atoms with van der Waals surface area (Å²) in [6.07, 6.45) is 15.3. The van der Waals surface area contributed by atoms with Crippen LogP contribution < -0.4 is 4.90 Å². The zero-order valence-corrected chi connectivity index (χ0v) is 22.0. The van der Waals surface area contributed by atoms with Crippen LogP contribution in [-0.2, 0) is 11.2 Å². The third-order valence-electron chi connectivity index (χ3n) is 10.3. The molecule has 1 N–H and O–H groups in total. The molecule has 3 heteroatoms. The van der Waals surface area contributed by atoms with E-state index in [4.69, 9.17) is 0 Å². The number of ketones is 1. The average Bonchev–Trinajstić information content (AvgIpc) is 3.17. The molecule has 0 spiro atoms. The minimum Gasteiger partial charge on any atom is -0.377 e. The summed E-state index contributed by atoms with van der Waals surface area (Å²) in [4.78, 5) is 14.5. The largest absolute Gasteiger partial charge is 0.377 e. The number of hydrogen-bond donors (Lipinski definition) is 1. The van der Waals surface area contributed by atoms with Gasteiger partial charge in [0.1, 0.15) is 5.60 Å². The number of carbonyl (C=O) groups excluding carboxylic acids is 1. The number of hydrogen-bond acceptors (Lipinski definition) is 3. The Balaban J connectivity index is 1.14. The third-order valence-corrected chi connectivity index (χ3v) is 10.3. The molecule has 190 valence electrons. The average molecular weight is 484 g/mol. The number of rotatable bonds is 3. The van der Waals surface area contributed by atoms with Crippen LogP contribution in [0.25, 0.3) is 0 Å². The number of piperidine rings is 1. The maximum atomic E-state index is 12.0. The monoisotopic (exact) mass is 483 g/mol. The van der Waals surface area contributed by atoms with Gasteiger partial charge < -0.3 is 10.0 Å². The maximum absolute atomic E-state index is 12.0. The lowest BCUT2D eigenvalue weighted by Crippen LogP contribution is -2.49. The molecule has 1 aromatic carbocycles. The van der Waals surface area contributed by atoms with Crippen LogP contribution in [0.3, 0.4) is 0 Å². The van der Waals surface area contributed by atoms with Crippen LogP contribution in [0.15, 0.2) is 47.1 Å². The quantitative estimate of drug-likeness (QED) is 0.496. The molecule has 1 aliphatic heterocycles. The Morgan fingerprint density at radius 2 is 1.92 bits per heavy atom. The molecule has 1 heterocycles. The second-order valence-electron chi connectivity index (χ2n) is 12.2. The first-order chi connectivity index (χ1) is 17.5. The van der Waals surface area contributed by atoms with Gasteiger partial charge in [-0.3, -0.25) is 4.79 Å². The van der Waals surface area contributed by atoms with Gasteiger partial charge >= 0.3 is 0 Å². The van der Waals surface area contributed by atoms with Crippen molar-refractivity contribution in [2.75, 3.05) is 18.0 Å². The molecule has 3 fully saturated rings. The highest BCUT2D eigenvalue weighted by Crippen LogP contribution is 2.63. The SMILES string of the molecule is C[C@]12CCC3=C4CCC(=O)C=C4CC[C@H]3[C@@H]1CC[C@@]2(O)C#CCCc1cccc(N2CCCCC2)c1. The zero-order chi connectivity index (χ0) is 24.8. The van der Waals surface area contributed by atoms with Gasteiger partial charge in [-0.15, -0.1) is 0 Å². The minimum absolute atomic E-state index is 0.130. The van der Waals surface area contributed by atoms with Crippen molar-refractivity contribution >= 4 is 11.5 Å². The highest BCUT2D eigenvalue weighted by Gasteiger charge is 2.60. The number of benzene rings is 1. The van der Waals surface area contributed by atoms with E-state index in [1.807, 2.05) is 6.08 Å². The molecule has 2 saturated carbocycles. The minimum atomic E-state index is -0.873. The predicted octanol–water partition coefficient (Wildman–Crippen LogP) is 6.55. The lowest BCUT2D eigenvalue weighted by molar-refractivity contribution is -0.114. The van der Waals surface area contributed by atoms with Crippen LogP contribution in [0.4, 0.5) is 5.69 Å². The van der Waals surface area contributed by atoms with E-state index in [-0.39, 0.29) is 5.41 Å². The summed E-state index contributed by atoms with van der Waals surface area (Å²) in [5.41, 5.74) is 6.13. The molecule has 0 aromatic heterocycles. The Hall–Kier alpha value is -2.31. The standard InChI is InChI=1S/C33H41NO2/c1-32-18-15-29-28-14-12-27(35)23-25(28)11-13-30(29)31(32)16-19-33(32,36)17-4-3-8-24-9-7-10-26(22-24)34-20-5-2-6-21-34/h7,9-10,22-23,30-31,36H,2-3,5-6,8,11-16,18-21H2,1H3/t30-,31+,32+,33+/m1/s1. The second-order valence-corrected chi connectivity index (χ2v) is 12.2. The predicted molar refractivity (Wildman–Crippen MR) is 146 cm³/mol. The Bertz CT molecular complexity index is 1160. The number of fused-ring (bicyclic) bond motifs is 4. The van der Waals surface area contributed by atoms with Crippen LogP contribution in [0.2, 0.25) is 0 Å². The molecule has 0 radical (unpaired) electrons. The van der Waals surface area contributed by atoms with Gasteiger partial charge in [0, 0.05) is 37.0 Å². The molecule has 4 aliphatic carbocycles. The summed E-state index contributed by atoms with van der Waals surface area (Å²) in [7, 11) is 0. The normalized spacial score (nSPS) is 33.8. The summed E-state index contributed by atoms with van der Waals surface area (Å²) in [5, 5.41) is 11.9. The molecule has 6 rings (SSSR count). The molecule has 0 amide bonds. The molecule has 4 atom stereocenters. The topological polar surface area (TPSA) is 40.5 Å². The molecule has 5 aliphatic rings. The lowest BCUT2D eigenvalue weighted by Gasteiger charge is -2.50. The van der Waals surface area contributed by atoms with Crippen molar-refractivity contribution < 1.29 is 9.90 Å². The van der Waals surface area contributed by atoms with E-state index in [1.54, 1.807) is 5.57 Å². The summed E-state index contributed by atoms with van der Waals surface area (Å²) >= 11 is 0. The van der Waals surface area contributed by atoms with E-state index in [0.29, 0.717) is 24.0 Å². The second kappa shape index (κ2) is 9.53. The highest BCUT2D eigenvalue weighted by atomic mass is 16.3. The Morgan fingerprint density at radius 3 is 2.78 bits per heavy atom. The Kier molecular flexibility index (Phi) is 6.37. The van der Waals surface area contributed by atoms with Crippen molar-refractivity contribution in [3.8, 4) is 11.8 Å². The van der Waals surface area contributed by atoms with Gasteiger partial charge in [0.2, 0.25) is 0 Å². The lowest BCUT2D eigenvalue weighted by atomic mass is 9.55. The van der Waals surface area contributed by atoms with Gasteiger partial charge in [0.05, 0.1) is 0 Å². The first-order valence-electron chi connectivity index (χ1n) is 14.5. The van der Waals surface area contributed by atoms with Crippen LogP contribution in [0, 0.1) is 29.1 Å². The van der Waals surface area contributed by atoms with Gasteiger partial charge in [-0.25, -0.2) is 0 Å². The summed E-state index contributed by atoms with van der Waals surface area (Å²) in [6, 6.07) is 8.99. The number of nitrogens with zero attached hydrogens (tertiary/aromatic N) is 1. The van der Waals surface area contributed by atoms with Crippen molar-refractivity contribution in [1.29, 1.82) is 0 Å². The van der Waals surface area contributed by atoms with Crippen LogP contribution in [0.1, 0.15) is 89.5 Å². The zero-order valence-electron chi connectivity index (χ0n) is 22.0. The van der Waals surface area contributed by atoms with Crippen molar-refractivity contribution in [3.05, 3.63) is 52.6 Å². The maximum Gasteiger partial charge on any atom is 0.156 e. The van der Waals surface area contributed by atoms with E-state index in [1.165, 1.54) is 54.7 Å². The fraction of sp³-hybridized carbons (Fsp3) is 0.606. The molecule has 0 unspecified atom stereocenters. The van der Waals surface area contributed by atoms with Gasteiger partial charge in [0.15, 0.2) is 5.78 Å².